The van der Waals surface area contributed by atoms with Gasteiger partial charge in [-0.1, -0.05) is 30.2 Å². The Morgan fingerprint density at radius 3 is 2.66 bits per heavy atom. The van der Waals surface area contributed by atoms with Crippen LogP contribution in [0.25, 0.3) is 22.2 Å². The molecule has 178 valence electrons. The second kappa shape index (κ2) is 10.5. The van der Waals surface area contributed by atoms with Gasteiger partial charge in [0.2, 0.25) is 0 Å². The van der Waals surface area contributed by atoms with Gasteiger partial charge < -0.3 is 14.8 Å². The molecule has 4 rings (SSSR count). The standard InChI is InChI=1S/C27H26N4O3S/c1-27(2,3)34-26(32)29-22(15-18-5-10-23(33-4)11-6-18)9-12-24-30-25(31-35-24)20-7-8-21-17-28-14-13-19(21)16-20/h5-8,10-11,13-14,16-17,22H,15H2,1-4H3,(H,29,32)/t22-/m1/s1. The van der Waals surface area contributed by atoms with Crippen molar-refractivity contribution in [2.45, 2.75) is 38.8 Å². The number of methoxy groups -OCH3 is 1. The molecule has 1 N–H and O–H groups in total. The summed E-state index contributed by atoms with van der Waals surface area (Å²) >= 11 is 1.22. The van der Waals surface area contributed by atoms with Crippen LogP contribution in [0.5, 0.6) is 5.75 Å². The molecule has 1 atom stereocenters. The second-order valence-corrected chi connectivity index (χ2v) is 9.63. The van der Waals surface area contributed by atoms with Crippen molar-refractivity contribution in [2.24, 2.45) is 0 Å². The molecule has 0 aliphatic rings. The average molecular weight is 487 g/mol. The molecule has 2 heterocycles. The lowest BCUT2D eigenvalue weighted by Crippen LogP contribution is -2.39. The summed E-state index contributed by atoms with van der Waals surface area (Å²) in [7, 11) is 1.62. The number of hydrogen-bond acceptors (Lipinski definition) is 7. The number of alkyl carbamates (subject to hydrolysis) is 1. The maximum Gasteiger partial charge on any atom is 0.408 e. The van der Waals surface area contributed by atoms with E-state index in [1.54, 1.807) is 13.3 Å². The van der Waals surface area contributed by atoms with Gasteiger partial charge in [0.1, 0.15) is 11.4 Å². The van der Waals surface area contributed by atoms with Crippen LogP contribution in [0.15, 0.2) is 60.9 Å². The lowest BCUT2D eigenvalue weighted by atomic mass is 10.1. The molecule has 0 fully saturated rings. The SMILES string of the molecule is COc1ccc(C[C@@H](C#Cc2nc(-c3ccc4cnccc4c3)ns2)NC(=O)OC(C)(C)C)cc1. The zero-order chi connectivity index (χ0) is 24.8. The number of fused-ring (bicyclic) bond motifs is 1. The molecule has 0 spiro atoms. The summed E-state index contributed by atoms with van der Waals surface area (Å²) in [6.45, 7) is 5.47. The van der Waals surface area contributed by atoms with Crippen LogP contribution in [-0.4, -0.2) is 39.2 Å². The smallest absolute Gasteiger partial charge is 0.408 e. The first-order valence-corrected chi connectivity index (χ1v) is 11.9. The van der Waals surface area contributed by atoms with Crippen molar-refractivity contribution in [1.29, 1.82) is 0 Å². The molecule has 0 radical (unpaired) electrons. The second-order valence-electron chi connectivity index (χ2n) is 8.88. The Labute approximate surface area is 208 Å². The molecule has 2 aromatic carbocycles. The van der Waals surface area contributed by atoms with Crippen molar-refractivity contribution in [2.75, 3.05) is 7.11 Å². The van der Waals surface area contributed by atoms with Crippen LogP contribution in [0, 0.1) is 11.8 Å². The van der Waals surface area contributed by atoms with E-state index in [-0.39, 0.29) is 0 Å². The molecule has 35 heavy (non-hydrogen) atoms. The van der Waals surface area contributed by atoms with Crippen LogP contribution in [0.1, 0.15) is 31.3 Å². The molecule has 7 nitrogen and oxygen atoms in total. The van der Waals surface area contributed by atoms with Crippen molar-refractivity contribution in [1.82, 2.24) is 19.7 Å². The Kier molecular flexibility index (Phi) is 7.28. The lowest BCUT2D eigenvalue weighted by Gasteiger charge is -2.21. The lowest BCUT2D eigenvalue weighted by molar-refractivity contribution is 0.0516. The van der Waals surface area contributed by atoms with Gasteiger partial charge in [-0.25, -0.2) is 9.78 Å². The molecule has 0 saturated carbocycles. The van der Waals surface area contributed by atoms with Gasteiger partial charge in [0.15, 0.2) is 10.8 Å². The van der Waals surface area contributed by atoms with Crippen molar-refractivity contribution >= 4 is 28.4 Å². The van der Waals surface area contributed by atoms with Gasteiger partial charge in [-0.05, 0) is 73.4 Å². The third-order valence-corrected chi connectivity index (χ3v) is 5.60. The van der Waals surface area contributed by atoms with Gasteiger partial charge in [0.25, 0.3) is 0 Å². The number of carbonyl (C=O) groups is 1. The summed E-state index contributed by atoms with van der Waals surface area (Å²) in [5.41, 5.74) is 1.31. The molecule has 0 aliphatic carbocycles. The molecule has 0 bridgehead atoms. The van der Waals surface area contributed by atoms with Gasteiger partial charge in [-0.15, -0.1) is 0 Å². The third-order valence-electron chi connectivity index (χ3n) is 4.97. The third kappa shape index (κ3) is 6.78. The average Bonchev–Trinajstić information content (AvgIpc) is 3.30. The Balaban J connectivity index is 1.54. The number of nitrogens with zero attached hydrogens (tertiary/aromatic N) is 3. The number of pyridine rings is 1. The summed E-state index contributed by atoms with van der Waals surface area (Å²) in [6, 6.07) is 15.1. The molecular formula is C27H26N4O3S. The van der Waals surface area contributed by atoms with Gasteiger partial charge in [-0.2, -0.15) is 4.37 Å². The number of rotatable bonds is 5. The van der Waals surface area contributed by atoms with Crippen molar-refractivity contribution < 1.29 is 14.3 Å². The summed E-state index contributed by atoms with van der Waals surface area (Å²) in [5, 5.41) is 5.56. The van der Waals surface area contributed by atoms with Gasteiger partial charge in [0, 0.05) is 29.8 Å². The molecule has 4 aromatic rings. The first kappa shape index (κ1) is 24.2. The number of ether oxygens (including phenoxy) is 2. The minimum atomic E-state index is -0.605. The monoisotopic (exact) mass is 486 g/mol. The Hall–Kier alpha value is -3.96. The molecule has 8 heteroatoms. The highest BCUT2D eigenvalue weighted by Crippen LogP contribution is 2.23. The van der Waals surface area contributed by atoms with Crippen LogP contribution in [-0.2, 0) is 11.2 Å². The Morgan fingerprint density at radius 1 is 1.11 bits per heavy atom. The Bertz CT molecular complexity index is 1380. The molecule has 0 unspecified atom stereocenters. The van der Waals surface area contributed by atoms with E-state index in [9.17, 15) is 4.79 Å². The maximum atomic E-state index is 12.4. The number of amides is 1. The minimum Gasteiger partial charge on any atom is -0.497 e. The van der Waals surface area contributed by atoms with Crippen molar-refractivity contribution in [3.8, 4) is 29.0 Å². The topological polar surface area (TPSA) is 86.2 Å². The Morgan fingerprint density at radius 2 is 1.91 bits per heavy atom. The largest absolute Gasteiger partial charge is 0.497 e. The van der Waals surface area contributed by atoms with E-state index in [4.69, 9.17) is 9.47 Å². The van der Waals surface area contributed by atoms with Gasteiger partial charge in [-0.3, -0.25) is 4.98 Å². The fourth-order valence-corrected chi connectivity index (χ4v) is 3.90. The predicted molar refractivity (Wildman–Crippen MR) is 137 cm³/mol. The minimum absolute atomic E-state index is 0.473. The van der Waals surface area contributed by atoms with Crippen LogP contribution in [0.3, 0.4) is 0 Å². The van der Waals surface area contributed by atoms with E-state index in [0.717, 1.165) is 27.6 Å². The number of benzene rings is 2. The first-order valence-electron chi connectivity index (χ1n) is 11.1. The highest BCUT2D eigenvalue weighted by atomic mass is 32.1. The van der Waals surface area contributed by atoms with E-state index >= 15 is 0 Å². The quantitative estimate of drug-likeness (QED) is 0.388. The number of nitrogens with one attached hydrogen (secondary N) is 1. The number of carbonyl (C=O) groups excluding carboxylic acids is 1. The maximum absolute atomic E-state index is 12.4. The van der Waals surface area contributed by atoms with E-state index in [1.165, 1.54) is 11.5 Å². The molecule has 2 aromatic heterocycles. The van der Waals surface area contributed by atoms with Crippen LogP contribution < -0.4 is 10.1 Å². The van der Waals surface area contributed by atoms with Gasteiger partial charge in [0.05, 0.1) is 13.2 Å². The van der Waals surface area contributed by atoms with E-state index in [1.807, 2.05) is 75.5 Å². The van der Waals surface area contributed by atoms with Crippen molar-refractivity contribution in [3.63, 3.8) is 0 Å². The van der Waals surface area contributed by atoms with E-state index in [0.29, 0.717) is 17.3 Å². The number of aromatic nitrogens is 3. The van der Waals surface area contributed by atoms with Crippen LogP contribution in [0.2, 0.25) is 0 Å². The zero-order valence-electron chi connectivity index (χ0n) is 20.0. The molecule has 1 amide bonds. The summed E-state index contributed by atoms with van der Waals surface area (Å²) in [6.07, 6.45) is 3.57. The molecular weight excluding hydrogens is 460 g/mol. The fraction of sp³-hybridized carbons (Fsp3) is 0.259. The predicted octanol–water partition coefficient (Wildman–Crippen LogP) is 5.25. The summed E-state index contributed by atoms with van der Waals surface area (Å²) < 4.78 is 15.1. The summed E-state index contributed by atoms with van der Waals surface area (Å²) in [4.78, 5) is 21.1. The zero-order valence-corrected chi connectivity index (χ0v) is 20.8. The summed E-state index contributed by atoms with van der Waals surface area (Å²) in [5.74, 6) is 7.59. The van der Waals surface area contributed by atoms with Crippen LogP contribution in [0.4, 0.5) is 4.79 Å². The highest BCUT2D eigenvalue weighted by Gasteiger charge is 2.19. The van der Waals surface area contributed by atoms with Gasteiger partial charge >= 0.3 is 6.09 Å². The molecule has 0 aliphatic heterocycles. The highest BCUT2D eigenvalue weighted by molar-refractivity contribution is 7.06. The van der Waals surface area contributed by atoms with Crippen LogP contribution >= 0.6 is 11.5 Å². The normalized spacial score (nSPS) is 11.9. The van der Waals surface area contributed by atoms with Crippen molar-refractivity contribution in [3.05, 3.63) is 71.5 Å². The molecule has 0 saturated heterocycles. The number of hydrogen-bond donors (Lipinski definition) is 1. The fourth-order valence-electron chi connectivity index (χ4n) is 3.35. The first-order chi connectivity index (χ1) is 16.8. The van der Waals surface area contributed by atoms with E-state index < -0.39 is 17.7 Å². The van der Waals surface area contributed by atoms with E-state index in [2.05, 4.69) is 31.5 Å².